The molecule has 0 saturated carbocycles. The molecule has 4 aromatic rings. The van der Waals surface area contributed by atoms with Crippen molar-refractivity contribution < 1.29 is 18.3 Å². The predicted molar refractivity (Wildman–Crippen MR) is 128 cm³/mol. The average molecular weight is 479 g/mol. The predicted octanol–water partition coefficient (Wildman–Crippen LogP) is 4.12. The molecule has 2 aromatic heterocycles. The molecule has 0 bridgehead atoms. The molecule has 1 aliphatic heterocycles. The van der Waals surface area contributed by atoms with Crippen LogP contribution in [0, 0.1) is 17.6 Å². The minimum atomic E-state index is -0.428. The standard InChI is InChI=1S/C25H24F2N6O2/c1-2-35-24(34)15-9-11-32(12-10-15)25-29-21(16-5-3-6-17(26)13-16)20-22(28)33(31-23(20)30-25)19-8-4-7-18(27)14-19/h3-8,13-15H,2,9-12,28H2,1H3. The van der Waals surface area contributed by atoms with E-state index in [2.05, 4.69) is 10.1 Å². The molecule has 3 heterocycles. The lowest BCUT2D eigenvalue weighted by atomic mass is 9.97. The summed E-state index contributed by atoms with van der Waals surface area (Å²) in [6.07, 6.45) is 1.21. The molecule has 5 rings (SSSR count). The molecule has 35 heavy (non-hydrogen) atoms. The number of aromatic nitrogens is 4. The zero-order valence-corrected chi connectivity index (χ0v) is 19.1. The van der Waals surface area contributed by atoms with Gasteiger partial charge in [-0.25, -0.2) is 18.4 Å². The summed E-state index contributed by atoms with van der Waals surface area (Å²) in [6.45, 7) is 3.25. The number of ether oxygens (including phenoxy) is 1. The maximum Gasteiger partial charge on any atom is 0.309 e. The van der Waals surface area contributed by atoms with E-state index in [1.165, 1.54) is 28.9 Å². The number of nitrogen functional groups attached to an aromatic ring is 1. The fourth-order valence-corrected chi connectivity index (χ4v) is 4.37. The first kappa shape index (κ1) is 22.7. The first-order valence-electron chi connectivity index (χ1n) is 11.4. The molecule has 1 saturated heterocycles. The van der Waals surface area contributed by atoms with Crippen LogP contribution in [0.15, 0.2) is 48.5 Å². The molecule has 0 spiro atoms. The second-order valence-corrected chi connectivity index (χ2v) is 8.37. The number of carbonyl (C=O) groups is 1. The Morgan fingerprint density at radius 2 is 1.80 bits per heavy atom. The minimum absolute atomic E-state index is 0.166. The number of benzene rings is 2. The van der Waals surface area contributed by atoms with Crippen LogP contribution in [0.3, 0.4) is 0 Å². The summed E-state index contributed by atoms with van der Waals surface area (Å²) in [7, 11) is 0. The lowest BCUT2D eigenvalue weighted by Crippen LogP contribution is -2.38. The Morgan fingerprint density at radius 1 is 1.09 bits per heavy atom. The van der Waals surface area contributed by atoms with E-state index in [9.17, 15) is 13.6 Å². The normalized spacial score (nSPS) is 14.4. The van der Waals surface area contributed by atoms with Gasteiger partial charge in [-0.2, -0.15) is 4.98 Å². The van der Waals surface area contributed by atoms with Gasteiger partial charge in [-0.15, -0.1) is 5.10 Å². The van der Waals surface area contributed by atoms with Gasteiger partial charge >= 0.3 is 5.97 Å². The van der Waals surface area contributed by atoms with E-state index in [1.807, 2.05) is 4.90 Å². The second kappa shape index (κ2) is 9.28. The third kappa shape index (κ3) is 4.39. The van der Waals surface area contributed by atoms with Crippen molar-refractivity contribution in [1.29, 1.82) is 0 Å². The van der Waals surface area contributed by atoms with Crippen LogP contribution in [0.4, 0.5) is 20.5 Å². The summed E-state index contributed by atoms with van der Waals surface area (Å²) in [5, 5.41) is 4.98. The summed E-state index contributed by atoms with van der Waals surface area (Å²) in [5.74, 6) is -0.573. The third-order valence-corrected chi connectivity index (χ3v) is 6.11. The van der Waals surface area contributed by atoms with E-state index >= 15 is 0 Å². The van der Waals surface area contributed by atoms with Crippen molar-refractivity contribution in [2.24, 2.45) is 5.92 Å². The smallest absolute Gasteiger partial charge is 0.309 e. The molecule has 1 fully saturated rings. The number of piperidine rings is 1. The number of nitrogens with zero attached hydrogens (tertiary/aromatic N) is 5. The highest BCUT2D eigenvalue weighted by Gasteiger charge is 2.28. The van der Waals surface area contributed by atoms with Crippen LogP contribution in [0.1, 0.15) is 19.8 Å². The summed E-state index contributed by atoms with van der Waals surface area (Å²) in [6, 6.07) is 11.9. The molecule has 2 aromatic carbocycles. The molecule has 0 amide bonds. The van der Waals surface area contributed by atoms with Crippen LogP contribution in [0.2, 0.25) is 0 Å². The van der Waals surface area contributed by atoms with Crippen LogP contribution in [0.5, 0.6) is 0 Å². The lowest BCUT2D eigenvalue weighted by Gasteiger charge is -2.31. The van der Waals surface area contributed by atoms with Crippen molar-refractivity contribution in [2.45, 2.75) is 19.8 Å². The Labute approximate surface area is 200 Å². The lowest BCUT2D eigenvalue weighted by molar-refractivity contribution is -0.148. The fourth-order valence-electron chi connectivity index (χ4n) is 4.37. The molecule has 10 heteroatoms. The molecule has 8 nitrogen and oxygen atoms in total. The van der Waals surface area contributed by atoms with Crippen LogP contribution < -0.4 is 10.6 Å². The molecule has 0 unspecified atom stereocenters. The number of esters is 1. The van der Waals surface area contributed by atoms with E-state index in [4.69, 9.17) is 15.5 Å². The van der Waals surface area contributed by atoms with Gasteiger partial charge in [-0.05, 0) is 50.1 Å². The molecule has 1 aliphatic rings. The molecule has 2 N–H and O–H groups in total. The maximum atomic E-state index is 14.1. The van der Waals surface area contributed by atoms with Crippen LogP contribution >= 0.6 is 0 Å². The topological polar surface area (TPSA) is 99.2 Å². The first-order valence-corrected chi connectivity index (χ1v) is 11.4. The number of hydrogen-bond donors (Lipinski definition) is 1. The zero-order chi connectivity index (χ0) is 24.5. The van der Waals surface area contributed by atoms with Crippen LogP contribution in [-0.2, 0) is 9.53 Å². The molecule has 0 radical (unpaired) electrons. The van der Waals surface area contributed by atoms with Crippen molar-refractivity contribution in [3.05, 3.63) is 60.2 Å². The van der Waals surface area contributed by atoms with Crippen molar-refractivity contribution in [1.82, 2.24) is 19.7 Å². The summed E-state index contributed by atoms with van der Waals surface area (Å²) in [5.41, 5.74) is 8.13. The van der Waals surface area contributed by atoms with Gasteiger partial charge in [-0.3, -0.25) is 4.79 Å². The third-order valence-electron chi connectivity index (χ3n) is 6.11. The largest absolute Gasteiger partial charge is 0.466 e. The summed E-state index contributed by atoms with van der Waals surface area (Å²) >= 11 is 0. The monoisotopic (exact) mass is 478 g/mol. The fraction of sp³-hybridized carbons (Fsp3) is 0.280. The Balaban J connectivity index is 1.59. The maximum absolute atomic E-state index is 14.1. The van der Waals surface area contributed by atoms with E-state index in [0.29, 0.717) is 66.5 Å². The van der Waals surface area contributed by atoms with Gasteiger partial charge in [0.15, 0.2) is 5.65 Å². The summed E-state index contributed by atoms with van der Waals surface area (Å²) in [4.78, 5) is 23.5. The van der Waals surface area contributed by atoms with E-state index < -0.39 is 11.6 Å². The number of anilines is 2. The molecule has 180 valence electrons. The number of carbonyl (C=O) groups excluding carboxylic acids is 1. The molecule has 0 atom stereocenters. The van der Waals surface area contributed by atoms with Crippen LogP contribution in [-0.4, -0.2) is 45.4 Å². The van der Waals surface area contributed by atoms with Gasteiger partial charge in [0.1, 0.15) is 17.5 Å². The second-order valence-electron chi connectivity index (χ2n) is 8.37. The highest BCUT2D eigenvalue weighted by Crippen LogP contribution is 2.34. The molecular formula is C25H24F2N6O2. The van der Waals surface area contributed by atoms with Crippen molar-refractivity contribution in [3.8, 4) is 16.9 Å². The zero-order valence-electron chi connectivity index (χ0n) is 19.1. The Hall–Kier alpha value is -4.08. The van der Waals surface area contributed by atoms with Crippen LogP contribution in [0.25, 0.3) is 28.0 Å². The van der Waals surface area contributed by atoms with Gasteiger partial charge in [0.25, 0.3) is 0 Å². The van der Waals surface area contributed by atoms with Gasteiger partial charge in [0, 0.05) is 18.7 Å². The Kier molecular flexibility index (Phi) is 6.02. The first-order chi connectivity index (χ1) is 16.9. The Morgan fingerprint density at radius 3 is 2.49 bits per heavy atom. The number of fused-ring (bicyclic) bond motifs is 1. The summed E-state index contributed by atoms with van der Waals surface area (Å²) < 4.78 is 34.6. The van der Waals surface area contributed by atoms with Crippen molar-refractivity contribution in [3.63, 3.8) is 0 Å². The number of halogens is 2. The number of nitrogens with two attached hydrogens (primary N) is 1. The quantitative estimate of drug-likeness (QED) is 0.431. The highest BCUT2D eigenvalue weighted by atomic mass is 19.1. The van der Waals surface area contributed by atoms with Gasteiger partial charge in [0.05, 0.1) is 29.3 Å². The average Bonchev–Trinajstić information content (AvgIpc) is 3.20. The van der Waals surface area contributed by atoms with E-state index in [-0.39, 0.29) is 17.7 Å². The van der Waals surface area contributed by atoms with Crippen molar-refractivity contribution in [2.75, 3.05) is 30.3 Å². The van der Waals surface area contributed by atoms with Crippen molar-refractivity contribution >= 4 is 28.8 Å². The SMILES string of the molecule is CCOC(=O)C1CCN(c2nc(-c3cccc(F)c3)c3c(N)n(-c4cccc(F)c4)nc3n2)CC1. The van der Waals surface area contributed by atoms with E-state index in [0.717, 1.165) is 0 Å². The number of hydrogen-bond acceptors (Lipinski definition) is 7. The molecule has 0 aliphatic carbocycles. The van der Waals surface area contributed by atoms with E-state index in [1.54, 1.807) is 31.2 Å². The number of rotatable bonds is 5. The minimum Gasteiger partial charge on any atom is -0.466 e. The van der Waals surface area contributed by atoms with Gasteiger partial charge < -0.3 is 15.4 Å². The molecular weight excluding hydrogens is 454 g/mol. The van der Waals surface area contributed by atoms with Gasteiger partial charge in [-0.1, -0.05) is 18.2 Å². The van der Waals surface area contributed by atoms with Gasteiger partial charge in [0.2, 0.25) is 5.95 Å². The highest BCUT2D eigenvalue weighted by molar-refractivity contribution is 5.99. The Bertz CT molecular complexity index is 1400.